The predicted molar refractivity (Wildman–Crippen MR) is 70.1 cm³/mol. The molecule has 1 heterocycles. The van der Waals surface area contributed by atoms with Gasteiger partial charge in [-0.3, -0.25) is 0 Å². The van der Waals surface area contributed by atoms with E-state index in [9.17, 15) is 14.7 Å². The summed E-state index contributed by atoms with van der Waals surface area (Å²) < 4.78 is 1.39. The Balaban J connectivity index is 1.96. The molecule has 0 spiro atoms. The zero-order valence-electron chi connectivity index (χ0n) is 11.4. The molecule has 0 aliphatic heterocycles. The van der Waals surface area contributed by atoms with Crippen LogP contribution in [0.3, 0.4) is 0 Å². The number of primary amides is 1. The summed E-state index contributed by atoms with van der Waals surface area (Å²) in [6.07, 6.45) is 4.70. The summed E-state index contributed by atoms with van der Waals surface area (Å²) >= 11 is 0. The lowest BCUT2D eigenvalue weighted by molar-refractivity contribution is -0.141. The summed E-state index contributed by atoms with van der Waals surface area (Å²) in [5.74, 6) is -0.957. The Labute approximate surface area is 116 Å². The molecule has 2 rings (SSSR count). The van der Waals surface area contributed by atoms with E-state index >= 15 is 0 Å². The second kappa shape index (κ2) is 5.48. The second-order valence-corrected chi connectivity index (χ2v) is 5.43. The molecule has 8 heteroatoms. The number of carboxylic acid groups (broad SMARTS) is 1. The molecule has 1 aliphatic rings. The van der Waals surface area contributed by atoms with Gasteiger partial charge in [-0.1, -0.05) is 12.1 Å². The molecular formula is C12H19N5O3. The van der Waals surface area contributed by atoms with Gasteiger partial charge in [0.05, 0.1) is 5.69 Å². The first-order chi connectivity index (χ1) is 9.42. The number of nitrogens with zero attached hydrogens (tertiary/aromatic N) is 3. The van der Waals surface area contributed by atoms with Crippen molar-refractivity contribution in [2.45, 2.75) is 44.1 Å². The van der Waals surface area contributed by atoms with Gasteiger partial charge in [0.25, 0.3) is 0 Å². The number of urea groups is 1. The highest BCUT2D eigenvalue weighted by Crippen LogP contribution is 2.46. The van der Waals surface area contributed by atoms with Crippen LogP contribution in [0.4, 0.5) is 4.79 Å². The van der Waals surface area contributed by atoms with Gasteiger partial charge < -0.3 is 16.2 Å². The van der Waals surface area contributed by atoms with Crippen molar-refractivity contribution in [2.24, 2.45) is 5.73 Å². The van der Waals surface area contributed by atoms with Crippen molar-refractivity contribution in [3.05, 3.63) is 11.9 Å². The van der Waals surface area contributed by atoms with E-state index in [0.29, 0.717) is 19.4 Å². The molecule has 1 aromatic rings. The van der Waals surface area contributed by atoms with Crippen LogP contribution in [0.2, 0.25) is 0 Å². The summed E-state index contributed by atoms with van der Waals surface area (Å²) in [6.45, 7) is 2.44. The Morgan fingerprint density at radius 1 is 1.60 bits per heavy atom. The Morgan fingerprint density at radius 3 is 2.85 bits per heavy atom. The zero-order valence-corrected chi connectivity index (χ0v) is 11.4. The van der Waals surface area contributed by atoms with Crippen molar-refractivity contribution in [3.63, 3.8) is 0 Å². The zero-order chi connectivity index (χ0) is 14.8. The smallest absolute Gasteiger partial charge is 0.328 e. The van der Waals surface area contributed by atoms with Crippen molar-refractivity contribution in [1.82, 2.24) is 20.3 Å². The first kappa shape index (κ1) is 14.3. The molecule has 1 fully saturated rings. The fraction of sp³-hybridized carbons (Fsp3) is 0.667. The van der Waals surface area contributed by atoms with Gasteiger partial charge in [0.15, 0.2) is 6.04 Å². The van der Waals surface area contributed by atoms with Crippen LogP contribution in [0.15, 0.2) is 6.20 Å². The third-order valence-corrected chi connectivity index (χ3v) is 3.69. The number of carbonyl (C=O) groups excluding carboxylic acids is 1. The molecule has 0 bridgehead atoms. The Bertz CT molecular complexity index is 509. The van der Waals surface area contributed by atoms with Gasteiger partial charge in [0, 0.05) is 18.2 Å². The van der Waals surface area contributed by atoms with E-state index in [1.54, 1.807) is 6.20 Å². The van der Waals surface area contributed by atoms with E-state index < -0.39 is 18.0 Å². The minimum Gasteiger partial charge on any atom is -0.480 e. The number of rotatable bonds is 7. The summed E-state index contributed by atoms with van der Waals surface area (Å²) in [6, 6.07) is -1.38. The summed E-state index contributed by atoms with van der Waals surface area (Å²) in [4.78, 5) is 21.8. The van der Waals surface area contributed by atoms with Crippen LogP contribution in [-0.2, 0) is 10.2 Å². The van der Waals surface area contributed by atoms with Gasteiger partial charge in [0.1, 0.15) is 0 Å². The maximum atomic E-state index is 11.3. The molecule has 0 unspecified atom stereocenters. The van der Waals surface area contributed by atoms with E-state index in [1.165, 1.54) is 4.68 Å². The Hall–Kier alpha value is -2.12. The minimum absolute atomic E-state index is 0.0643. The van der Waals surface area contributed by atoms with Crippen molar-refractivity contribution in [1.29, 1.82) is 0 Å². The van der Waals surface area contributed by atoms with Crippen LogP contribution in [0.5, 0.6) is 0 Å². The monoisotopic (exact) mass is 281 g/mol. The largest absolute Gasteiger partial charge is 0.480 e. The maximum absolute atomic E-state index is 11.3. The number of carboxylic acids is 1. The van der Waals surface area contributed by atoms with E-state index in [4.69, 9.17) is 5.73 Å². The normalized spacial score (nSPS) is 17.4. The van der Waals surface area contributed by atoms with Crippen LogP contribution in [0.1, 0.15) is 44.3 Å². The van der Waals surface area contributed by atoms with E-state index in [0.717, 1.165) is 18.5 Å². The SMILES string of the molecule is CC1(c2cn([C@@H](CCCNC(N)=O)C(=O)O)nn2)CC1. The van der Waals surface area contributed by atoms with Crippen molar-refractivity contribution in [3.8, 4) is 0 Å². The van der Waals surface area contributed by atoms with E-state index in [2.05, 4.69) is 22.6 Å². The number of nitrogens with one attached hydrogen (secondary N) is 1. The van der Waals surface area contributed by atoms with Gasteiger partial charge >= 0.3 is 12.0 Å². The van der Waals surface area contributed by atoms with Crippen molar-refractivity contribution < 1.29 is 14.7 Å². The van der Waals surface area contributed by atoms with E-state index in [-0.39, 0.29) is 5.41 Å². The summed E-state index contributed by atoms with van der Waals surface area (Å²) in [5.41, 5.74) is 5.86. The maximum Gasteiger partial charge on any atom is 0.328 e. The molecule has 2 amide bonds. The highest BCUT2D eigenvalue weighted by molar-refractivity contribution is 5.72. The third-order valence-electron chi connectivity index (χ3n) is 3.69. The number of aliphatic carboxylic acids is 1. The fourth-order valence-electron chi connectivity index (χ4n) is 2.03. The quantitative estimate of drug-likeness (QED) is 0.624. The standard InChI is InChI=1S/C12H19N5O3/c1-12(4-5-12)9-7-17(16-15-9)8(10(18)19)3-2-6-14-11(13)20/h7-8H,2-6H2,1H3,(H,18,19)(H3,13,14,20)/t8-/m0/s1. The van der Waals surface area contributed by atoms with Crippen LogP contribution in [-0.4, -0.2) is 38.6 Å². The Morgan fingerprint density at radius 2 is 2.30 bits per heavy atom. The average Bonchev–Trinajstić information content (AvgIpc) is 2.92. The van der Waals surface area contributed by atoms with Gasteiger partial charge in [-0.05, 0) is 25.7 Å². The molecule has 1 aromatic heterocycles. The molecule has 20 heavy (non-hydrogen) atoms. The highest BCUT2D eigenvalue weighted by atomic mass is 16.4. The molecule has 0 radical (unpaired) electrons. The Kier molecular flexibility index (Phi) is 3.91. The highest BCUT2D eigenvalue weighted by Gasteiger charge is 2.42. The molecule has 0 aromatic carbocycles. The number of carbonyl (C=O) groups is 2. The lowest BCUT2D eigenvalue weighted by atomic mass is 10.1. The van der Waals surface area contributed by atoms with Crippen LogP contribution < -0.4 is 11.1 Å². The van der Waals surface area contributed by atoms with Crippen LogP contribution in [0.25, 0.3) is 0 Å². The fourth-order valence-corrected chi connectivity index (χ4v) is 2.03. The summed E-state index contributed by atoms with van der Waals surface area (Å²) in [7, 11) is 0. The molecule has 1 saturated carbocycles. The third kappa shape index (κ3) is 3.25. The van der Waals surface area contributed by atoms with Gasteiger partial charge in [0.2, 0.25) is 0 Å². The number of hydrogen-bond donors (Lipinski definition) is 3. The molecular weight excluding hydrogens is 262 g/mol. The lowest BCUT2D eigenvalue weighted by Gasteiger charge is -2.12. The first-order valence-corrected chi connectivity index (χ1v) is 6.61. The topological polar surface area (TPSA) is 123 Å². The second-order valence-electron chi connectivity index (χ2n) is 5.43. The summed E-state index contributed by atoms with van der Waals surface area (Å²) in [5, 5.41) is 19.7. The van der Waals surface area contributed by atoms with Crippen molar-refractivity contribution >= 4 is 12.0 Å². The molecule has 1 aliphatic carbocycles. The molecule has 4 N–H and O–H groups in total. The van der Waals surface area contributed by atoms with E-state index in [1.807, 2.05) is 0 Å². The lowest BCUT2D eigenvalue weighted by Crippen LogP contribution is -2.30. The van der Waals surface area contributed by atoms with Crippen LogP contribution in [0, 0.1) is 0 Å². The van der Waals surface area contributed by atoms with Gasteiger partial charge in [-0.2, -0.15) is 0 Å². The predicted octanol–water partition coefficient (Wildman–Crippen LogP) is 0.404. The van der Waals surface area contributed by atoms with Crippen molar-refractivity contribution in [2.75, 3.05) is 6.54 Å². The molecule has 0 saturated heterocycles. The van der Waals surface area contributed by atoms with Gasteiger partial charge in [-0.15, -0.1) is 5.10 Å². The molecule has 1 atom stereocenters. The van der Waals surface area contributed by atoms with Crippen LogP contribution >= 0.6 is 0 Å². The average molecular weight is 281 g/mol. The number of amides is 2. The molecule has 8 nitrogen and oxygen atoms in total. The van der Waals surface area contributed by atoms with Gasteiger partial charge in [-0.25, -0.2) is 14.3 Å². The first-order valence-electron chi connectivity index (χ1n) is 6.61. The number of aromatic nitrogens is 3. The number of hydrogen-bond acceptors (Lipinski definition) is 4. The molecule has 110 valence electrons. The minimum atomic E-state index is -0.957. The number of nitrogens with two attached hydrogens (primary N) is 1.